The van der Waals surface area contributed by atoms with Crippen molar-refractivity contribution < 1.29 is 22.7 Å². The number of benzene rings is 2. The van der Waals surface area contributed by atoms with E-state index in [1.54, 1.807) is 19.2 Å². The van der Waals surface area contributed by atoms with Crippen LogP contribution >= 0.6 is 0 Å². The summed E-state index contributed by atoms with van der Waals surface area (Å²) in [5.41, 5.74) is 3.98. The smallest absolute Gasteiger partial charge is 0.240 e. The first-order valence-corrected chi connectivity index (χ1v) is 15.8. The molecule has 1 aromatic heterocycles. The molecule has 216 valence electrons. The van der Waals surface area contributed by atoms with Crippen molar-refractivity contribution >= 4 is 26.8 Å². The average molecular weight is 568 g/mol. The van der Waals surface area contributed by atoms with Gasteiger partial charge in [0.15, 0.2) is 0 Å². The van der Waals surface area contributed by atoms with Crippen LogP contribution in [0.2, 0.25) is 0 Å². The molecule has 2 N–H and O–H groups in total. The van der Waals surface area contributed by atoms with Gasteiger partial charge in [0.25, 0.3) is 0 Å². The second kappa shape index (κ2) is 12.4. The molecule has 2 fully saturated rings. The van der Waals surface area contributed by atoms with Crippen LogP contribution in [0.5, 0.6) is 0 Å². The van der Waals surface area contributed by atoms with Crippen molar-refractivity contribution in [1.29, 1.82) is 0 Å². The molecule has 2 heterocycles. The van der Waals surface area contributed by atoms with Crippen molar-refractivity contribution in [2.24, 2.45) is 11.8 Å². The fourth-order valence-corrected chi connectivity index (χ4v) is 7.26. The van der Waals surface area contributed by atoms with Gasteiger partial charge in [-0.2, -0.15) is 0 Å². The first kappa shape index (κ1) is 28.8. The van der Waals surface area contributed by atoms with E-state index < -0.39 is 10.0 Å². The number of nitrogens with one attached hydrogen (secondary N) is 2. The third-order valence-corrected chi connectivity index (χ3v) is 9.90. The summed E-state index contributed by atoms with van der Waals surface area (Å²) < 4.78 is 40.3. The standard InChI is InChI=1S/C31H41N3O5S/c1-21(2)30-20-39-17-15-34(30)31(35)24-8-11-26(12-9-24)33-40(36,37)27-13-10-25-18-28(32-29(25)19-27)23-6-4-22(5-7-23)14-16-38-3/h4-7,10,13,18-19,21,24,26,30,32-33H,8-9,11-12,14-17,20H2,1-3H3/t24?,26?,30-/m1/s1. The Morgan fingerprint density at radius 3 is 2.55 bits per heavy atom. The average Bonchev–Trinajstić information content (AvgIpc) is 3.40. The fourth-order valence-electron chi connectivity index (χ4n) is 5.93. The molecule has 5 rings (SSSR count). The molecule has 1 aliphatic heterocycles. The Balaban J connectivity index is 1.21. The molecule has 0 radical (unpaired) electrons. The molecule has 2 aromatic carbocycles. The molecule has 40 heavy (non-hydrogen) atoms. The van der Waals surface area contributed by atoms with Crippen molar-refractivity contribution in [1.82, 2.24) is 14.6 Å². The first-order chi connectivity index (χ1) is 19.2. The zero-order valence-corrected chi connectivity index (χ0v) is 24.5. The Morgan fingerprint density at radius 2 is 1.85 bits per heavy atom. The molecule has 1 saturated carbocycles. The lowest BCUT2D eigenvalue weighted by Crippen LogP contribution is -2.53. The van der Waals surface area contributed by atoms with Gasteiger partial charge in [0.05, 0.1) is 30.8 Å². The Kier molecular flexibility index (Phi) is 8.95. The van der Waals surface area contributed by atoms with Crippen LogP contribution in [-0.4, -0.2) is 69.8 Å². The molecule has 1 amide bonds. The van der Waals surface area contributed by atoms with E-state index in [0.717, 1.165) is 28.6 Å². The van der Waals surface area contributed by atoms with Gasteiger partial charge >= 0.3 is 0 Å². The van der Waals surface area contributed by atoms with Gasteiger partial charge < -0.3 is 19.4 Å². The van der Waals surface area contributed by atoms with E-state index in [-0.39, 0.29) is 28.8 Å². The number of hydrogen-bond acceptors (Lipinski definition) is 5. The lowest BCUT2D eigenvalue weighted by atomic mass is 9.85. The third kappa shape index (κ3) is 6.43. The summed E-state index contributed by atoms with van der Waals surface area (Å²) in [6, 6.07) is 15.5. The molecule has 0 unspecified atom stereocenters. The topological polar surface area (TPSA) is 101 Å². The number of fused-ring (bicyclic) bond motifs is 1. The first-order valence-electron chi connectivity index (χ1n) is 14.4. The van der Waals surface area contributed by atoms with Crippen LogP contribution in [0.3, 0.4) is 0 Å². The Bertz CT molecular complexity index is 1410. The zero-order chi connectivity index (χ0) is 28.3. The maximum atomic E-state index is 13.3. The lowest BCUT2D eigenvalue weighted by Gasteiger charge is -2.41. The molecular formula is C31H41N3O5S. The molecule has 8 nitrogen and oxygen atoms in total. The van der Waals surface area contributed by atoms with Crippen LogP contribution in [0.25, 0.3) is 22.2 Å². The fraction of sp³-hybridized carbons (Fsp3) is 0.516. The summed E-state index contributed by atoms with van der Waals surface area (Å²) in [5, 5.41) is 0.958. The lowest BCUT2D eigenvalue weighted by molar-refractivity contribution is -0.147. The van der Waals surface area contributed by atoms with Crippen molar-refractivity contribution in [2.75, 3.05) is 33.5 Å². The summed E-state index contributed by atoms with van der Waals surface area (Å²) >= 11 is 0. The highest BCUT2D eigenvalue weighted by atomic mass is 32.2. The van der Waals surface area contributed by atoms with Crippen LogP contribution in [0, 0.1) is 11.8 Å². The van der Waals surface area contributed by atoms with Crippen LogP contribution < -0.4 is 4.72 Å². The van der Waals surface area contributed by atoms with E-state index in [2.05, 4.69) is 47.8 Å². The molecule has 1 saturated heterocycles. The van der Waals surface area contributed by atoms with Gasteiger partial charge in [-0.1, -0.05) is 44.2 Å². The zero-order valence-electron chi connectivity index (χ0n) is 23.7. The highest BCUT2D eigenvalue weighted by Crippen LogP contribution is 2.30. The Labute approximate surface area is 237 Å². The number of amides is 1. The SMILES string of the molecule is COCCc1ccc(-c2cc3ccc(S(=O)(=O)NC4CCC(C(=O)N5CCOC[C@@H]5C(C)C)CC4)cc3[nH]2)cc1. The molecule has 2 aliphatic rings. The van der Waals surface area contributed by atoms with Gasteiger partial charge in [-0.25, -0.2) is 13.1 Å². The summed E-state index contributed by atoms with van der Waals surface area (Å²) in [4.78, 5) is 18.9. The van der Waals surface area contributed by atoms with Crippen molar-refractivity contribution in [3.8, 4) is 11.3 Å². The summed E-state index contributed by atoms with van der Waals surface area (Å²) in [7, 11) is -1.99. The summed E-state index contributed by atoms with van der Waals surface area (Å²) in [5.74, 6) is 0.482. The molecular weight excluding hydrogens is 526 g/mol. The summed E-state index contributed by atoms with van der Waals surface area (Å²) in [6.45, 7) is 6.74. The minimum atomic E-state index is -3.69. The maximum Gasteiger partial charge on any atom is 0.240 e. The van der Waals surface area contributed by atoms with Gasteiger partial charge in [-0.05, 0) is 67.3 Å². The number of carbonyl (C=O) groups is 1. The predicted octanol–water partition coefficient (Wildman–Crippen LogP) is 4.74. The molecule has 3 aromatic rings. The second-order valence-corrected chi connectivity index (χ2v) is 13.2. The number of rotatable bonds is 9. The largest absolute Gasteiger partial charge is 0.384 e. The van der Waals surface area contributed by atoms with Gasteiger partial charge in [0, 0.05) is 42.2 Å². The molecule has 1 atom stereocenters. The number of sulfonamides is 1. The number of ether oxygens (including phenoxy) is 2. The van der Waals surface area contributed by atoms with Crippen LogP contribution in [0.1, 0.15) is 45.1 Å². The molecule has 9 heteroatoms. The number of aromatic nitrogens is 1. The number of methoxy groups -OCH3 is 1. The number of morpholine rings is 1. The van der Waals surface area contributed by atoms with Gasteiger partial charge in [0.1, 0.15) is 0 Å². The van der Waals surface area contributed by atoms with E-state index >= 15 is 0 Å². The van der Waals surface area contributed by atoms with E-state index in [1.165, 1.54) is 5.56 Å². The quantitative estimate of drug-likeness (QED) is 0.389. The minimum Gasteiger partial charge on any atom is -0.384 e. The van der Waals surface area contributed by atoms with Gasteiger partial charge in [-0.15, -0.1) is 0 Å². The van der Waals surface area contributed by atoms with Crippen molar-refractivity contribution in [3.05, 3.63) is 54.1 Å². The third-order valence-electron chi connectivity index (χ3n) is 8.38. The van der Waals surface area contributed by atoms with E-state index in [9.17, 15) is 13.2 Å². The van der Waals surface area contributed by atoms with Crippen LogP contribution in [-0.2, 0) is 30.7 Å². The highest BCUT2D eigenvalue weighted by Gasteiger charge is 2.36. The predicted molar refractivity (Wildman–Crippen MR) is 157 cm³/mol. The van der Waals surface area contributed by atoms with Crippen LogP contribution in [0.15, 0.2) is 53.4 Å². The number of hydrogen-bond donors (Lipinski definition) is 2. The number of nitrogens with zero attached hydrogens (tertiary/aromatic N) is 1. The number of H-pyrrole nitrogens is 1. The molecule has 1 aliphatic carbocycles. The normalized spacial score (nSPS) is 22.2. The Hall–Kier alpha value is -2.72. The monoisotopic (exact) mass is 567 g/mol. The van der Waals surface area contributed by atoms with Gasteiger partial charge in [0.2, 0.25) is 15.9 Å². The summed E-state index contributed by atoms with van der Waals surface area (Å²) in [6.07, 6.45) is 3.56. The second-order valence-electron chi connectivity index (χ2n) is 11.5. The highest BCUT2D eigenvalue weighted by molar-refractivity contribution is 7.89. The van der Waals surface area contributed by atoms with E-state index in [1.807, 2.05) is 17.0 Å². The van der Waals surface area contributed by atoms with Crippen LogP contribution in [0.4, 0.5) is 0 Å². The number of aromatic amines is 1. The number of carbonyl (C=O) groups excluding carboxylic acids is 1. The van der Waals surface area contributed by atoms with Crippen molar-refractivity contribution in [3.63, 3.8) is 0 Å². The van der Waals surface area contributed by atoms with E-state index in [0.29, 0.717) is 58.0 Å². The van der Waals surface area contributed by atoms with Gasteiger partial charge in [-0.3, -0.25) is 4.79 Å². The molecule has 0 bridgehead atoms. The maximum absolute atomic E-state index is 13.3. The molecule has 0 spiro atoms. The minimum absolute atomic E-state index is 0.0529. The van der Waals surface area contributed by atoms with E-state index in [4.69, 9.17) is 9.47 Å². The Morgan fingerprint density at radius 1 is 1.10 bits per heavy atom. The van der Waals surface area contributed by atoms with Crippen molar-refractivity contribution in [2.45, 2.75) is 62.9 Å².